The Morgan fingerprint density at radius 1 is 0.479 bits per heavy atom. The van der Waals surface area contributed by atoms with Crippen LogP contribution >= 0.6 is 0 Å². The van der Waals surface area contributed by atoms with Gasteiger partial charge in [0.2, 0.25) is 0 Å². The third kappa shape index (κ3) is 22.5. The van der Waals surface area contributed by atoms with Crippen LogP contribution in [0.5, 0.6) is 0 Å². The molecular weight excluding hydrogens is 1240 g/mol. The molecular formula is C66H114O28. The fourth-order valence-electron chi connectivity index (χ4n) is 12.8. The molecule has 6 fully saturated rings. The molecule has 0 bridgehead atoms. The van der Waals surface area contributed by atoms with Crippen LogP contribution < -0.4 is 0 Å². The number of carbonyl (C=O) groups excluding carboxylic acids is 4. The van der Waals surface area contributed by atoms with E-state index in [1.165, 1.54) is 41.5 Å². The van der Waals surface area contributed by atoms with E-state index in [0.29, 0.717) is 32.1 Å². The molecule has 28 heteroatoms. The van der Waals surface area contributed by atoms with E-state index in [4.69, 9.17) is 66.3 Å². The molecule has 0 saturated carbocycles. The SMILES string of the molecule is CCCCCCCCCCCC(=O)O[C@H]1[C@H](O[C@@H]2[C@@H](O)[C@H]3OC(=O)CCCCCCCCCC(CCCCC)O[C@@H]4O[C@H](CO)[C@@H](O)[C@H](O)[C@H]4O[C@H]3O[C@H]2C)O[C@@H](C)[C@H](O[C@@H]2O[C@@H](C)[C@H](OC(=O)CC)[C@@H](OC(=O)C(C)[C@H](C)O)[C@H]2O[C@@H]2O[C@H](CO)[C@@H](O)[C@H](O)[C@H]2O)[C@H]1O. The highest BCUT2D eigenvalue weighted by Crippen LogP contribution is 2.40. The number of esters is 4. The molecule has 28 nitrogen and oxygen atoms in total. The number of aliphatic hydroxyl groups excluding tert-OH is 10. The lowest BCUT2D eigenvalue weighted by atomic mass is 9.95. The summed E-state index contributed by atoms with van der Waals surface area (Å²) in [6, 6.07) is 0. The van der Waals surface area contributed by atoms with Gasteiger partial charge in [-0.05, 0) is 60.3 Å². The highest BCUT2D eigenvalue weighted by Gasteiger charge is 2.59. The Labute approximate surface area is 553 Å². The molecule has 2 unspecified atom stereocenters. The Balaban J connectivity index is 1.34. The summed E-state index contributed by atoms with van der Waals surface area (Å²) < 4.78 is 87.7. The second-order valence-corrected chi connectivity index (χ2v) is 26.4. The lowest BCUT2D eigenvalue weighted by molar-refractivity contribution is -0.396. The number of hydrogen-bond acceptors (Lipinski definition) is 28. The van der Waals surface area contributed by atoms with Crippen LogP contribution in [0, 0.1) is 5.92 Å². The zero-order valence-electron chi connectivity index (χ0n) is 56.4. The summed E-state index contributed by atoms with van der Waals surface area (Å²) in [7, 11) is 0. The van der Waals surface area contributed by atoms with Crippen LogP contribution in [0.15, 0.2) is 0 Å². The van der Waals surface area contributed by atoms with Gasteiger partial charge in [0.25, 0.3) is 0 Å². The van der Waals surface area contributed by atoms with Crippen molar-refractivity contribution < 1.29 is 137 Å². The smallest absolute Gasteiger partial charge is 0.311 e. The first kappa shape index (κ1) is 80.1. The lowest BCUT2D eigenvalue weighted by Crippen LogP contribution is -2.68. The van der Waals surface area contributed by atoms with Gasteiger partial charge in [-0.15, -0.1) is 0 Å². The van der Waals surface area contributed by atoms with Crippen LogP contribution in [-0.4, -0.2) is 254 Å². The number of rotatable bonds is 28. The second-order valence-electron chi connectivity index (χ2n) is 26.4. The van der Waals surface area contributed by atoms with Crippen LogP contribution in [0.25, 0.3) is 0 Å². The van der Waals surface area contributed by atoms with Crippen LogP contribution in [0.2, 0.25) is 0 Å². The summed E-state index contributed by atoms with van der Waals surface area (Å²) in [4.78, 5) is 54.9. The number of fused-ring (bicyclic) bond motifs is 2. The number of carbonyl (C=O) groups is 4. The Hall–Kier alpha value is -2.92. The molecule has 6 rings (SSSR count). The van der Waals surface area contributed by atoms with E-state index in [2.05, 4.69) is 13.8 Å². The quantitative estimate of drug-likeness (QED) is 0.0305. The summed E-state index contributed by atoms with van der Waals surface area (Å²) >= 11 is 0. The first-order chi connectivity index (χ1) is 45.0. The Morgan fingerprint density at radius 3 is 1.63 bits per heavy atom. The number of aliphatic hydroxyl groups is 10. The van der Waals surface area contributed by atoms with Crippen molar-refractivity contribution in [3.8, 4) is 0 Å². The van der Waals surface area contributed by atoms with E-state index >= 15 is 0 Å². The summed E-state index contributed by atoms with van der Waals surface area (Å²) in [5.74, 6) is -4.51. The minimum absolute atomic E-state index is 0.0608. The molecule has 546 valence electrons. The van der Waals surface area contributed by atoms with Gasteiger partial charge in [0.1, 0.15) is 73.2 Å². The first-order valence-electron chi connectivity index (χ1n) is 35.0. The van der Waals surface area contributed by atoms with Crippen molar-refractivity contribution >= 4 is 23.9 Å². The van der Waals surface area contributed by atoms with Crippen LogP contribution in [0.1, 0.15) is 209 Å². The van der Waals surface area contributed by atoms with Gasteiger partial charge in [0, 0.05) is 19.3 Å². The zero-order chi connectivity index (χ0) is 68.8. The van der Waals surface area contributed by atoms with E-state index in [0.717, 1.165) is 103 Å². The minimum Gasteiger partial charge on any atom is -0.456 e. The third-order valence-corrected chi connectivity index (χ3v) is 18.9. The van der Waals surface area contributed by atoms with Gasteiger partial charge in [-0.25, -0.2) is 0 Å². The topological polar surface area (TPSA) is 400 Å². The predicted molar refractivity (Wildman–Crippen MR) is 329 cm³/mol. The average molecular weight is 1360 g/mol. The summed E-state index contributed by atoms with van der Waals surface area (Å²) in [5.41, 5.74) is 0. The molecule has 6 heterocycles. The van der Waals surface area contributed by atoms with Crippen molar-refractivity contribution in [2.75, 3.05) is 13.2 Å². The summed E-state index contributed by atoms with van der Waals surface area (Å²) in [6.07, 6.45) is -25.6. The van der Waals surface area contributed by atoms with E-state index in [9.17, 15) is 70.2 Å². The molecule has 94 heavy (non-hydrogen) atoms. The fraction of sp³-hybridized carbons (Fsp3) is 0.939. The van der Waals surface area contributed by atoms with Crippen LogP contribution in [0.3, 0.4) is 0 Å². The molecule has 0 aliphatic carbocycles. The second kappa shape index (κ2) is 40.4. The van der Waals surface area contributed by atoms with Gasteiger partial charge in [0.15, 0.2) is 62.0 Å². The van der Waals surface area contributed by atoms with Gasteiger partial charge in [0.05, 0.1) is 49.7 Å². The highest BCUT2D eigenvalue weighted by molar-refractivity contribution is 5.73. The molecule has 0 amide bonds. The Bertz CT molecular complexity index is 2200. The van der Waals surface area contributed by atoms with Crippen molar-refractivity contribution in [3.05, 3.63) is 0 Å². The van der Waals surface area contributed by atoms with E-state index in [1.807, 2.05) is 0 Å². The predicted octanol–water partition coefficient (Wildman–Crippen LogP) is 3.21. The Kier molecular flexibility index (Phi) is 34.4. The molecule has 0 aromatic carbocycles. The maximum atomic E-state index is 14.1. The first-order valence-corrected chi connectivity index (χ1v) is 35.0. The molecule has 0 radical (unpaired) electrons. The number of hydrogen-bond donors (Lipinski definition) is 10. The standard InChI is InChI=1S/C66H114O28/c1-9-12-14-15-16-17-20-23-27-31-44(71)88-57-52(79)54(92-66-60(94-62-50(77)48(75)46(73)41(33-67)85-62)59(90-61(80)35(4)36(5)69)55(39(8)83-66)87-43(70)11-3)38(7)81-63(57)91-53-37(6)82-64-58(51(53)78)89-45(72)32-28-24-21-18-19-22-26-30-40(29-25-13-10-2)84-65-56(93-64)49(76)47(74)42(34-68)86-65/h35-42,46-60,62-69,73-79H,9-34H2,1-8H3/t35?,36-,37-,38-,39-,40?,41+,42+,46+,47+,48-,49-,50+,51+,52+,53-,54-,55-,56+,57+,58+,59+,60+,62-,63-,64+,65+,66-/m0/s1. The largest absolute Gasteiger partial charge is 0.456 e. The van der Waals surface area contributed by atoms with Crippen molar-refractivity contribution in [2.45, 2.75) is 375 Å². The van der Waals surface area contributed by atoms with Crippen molar-refractivity contribution in [3.63, 3.8) is 0 Å². The van der Waals surface area contributed by atoms with E-state index < -0.39 is 203 Å². The molecule has 6 aliphatic rings. The van der Waals surface area contributed by atoms with Gasteiger partial charge in [-0.3, -0.25) is 19.2 Å². The van der Waals surface area contributed by atoms with E-state index in [1.54, 1.807) is 0 Å². The van der Waals surface area contributed by atoms with Gasteiger partial charge in [-0.1, -0.05) is 130 Å². The maximum absolute atomic E-state index is 14.1. The minimum atomic E-state index is -2.05. The summed E-state index contributed by atoms with van der Waals surface area (Å²) in [6.45, 7) is 11.3. The fourth-order valence-corrected chi connectivity index (χ4v) is 12.8. The Morgan fingerprint density at radius 2 is 1.00 bits per heavy atom. The number of unbranched alkanes of at least 4 members (excludes halogenated alkanes) is 10. The zero-order valence-corrected chi connectivity index (χ0v) is 56.4. The molecule has 28 atom stereocenters. The average Bonchev–Trinajstić information content (AvgIpc) is 0.778. The van der Waals surface area contributed by atoms with Crippen molar-refractivity contribution in [2.24, 2.45) is 5.92 Å². The molecule has 0 aromatic heterocycles. The third-order valence-electron chi connectivity index (χ3n) is 18.9. The van der Waals surface area contributed by atoms with Gasteiger partial charge in [-0.2, -0.15) is 0 Å². The molecule has 6 saturated heterocycles. The van der Waals surface area contributed by atoms with E-state index in [-0.39, 0.29) is 25.4 Å². The molecule has 6 aliphatic heterocycles. The molecule has 10 N–H and O–H groups in total. The van der Waals surface area contributed by atoms with Crippen LogP contribution in [-0.2, 0) is 85.5 Å². The van der Waals surface area contributed by atoms with Crippen molar-refractivity contribution in [1.29, 1.82) is 0 Å². The lowest BCUT2D eigenvalue weighted by Gasteiger charge is -2.50. The normalized spacial score (nSPS) is 39.7. The molecule has 0 spiro atoms. The monoisotopic (exact) mass is 1350 g/mol. The summed E-state index contributed by atoms with van der Waals surface area (Å²) in [5, 5.41) is 112. The van der Waals surface area contributed by atoms with Gasteiger partial charge >= 0.3 is 23.9 Å². The maximum Gasteiger partial charge on any atom is 0.311 e. The van der Waals surface area contributed by atoms with Gasteiger partial charge < -0.3 is 117 Å². The van der Waals surface area contributed by atoms with Crippen molar-refractivity contribution in [1.82, 2.24) is 0 Å². The molecule has 0 aromatic rings. The van der Waals surface area contributed by atoms with Crippen LogP contribution in [0.4, 0.5) is 0 Å². The highest BCUT2D eigenvalue weighted by atomic mass is 16.8. The number of ether oxygens (including phenoxy) is 14.